The number of nitrogens with two attached hydrogens (primary N) is 1. The fourth-order valence-electron chi connectivity index (χ4n) is 1.87. The number of methoxy groups -OCH3 is 1. The van der Waals surface area contributed by atoms with Crippen LogP contribution in [0, 0.1) is 0 Å². The Bertz CT molecular complexity index is 373. The second kappa shape index (κ2) is 5.27. The van der Waals surface area contributed by atoms with Crippen molar-refractivity contribution in [2.75, 3.05) is 20.3 Å². The molecule has 1 heterocycles. The predicted octanol–water partition coefficient (Wildman–Crippen LogP) is 1.75. The first-order valence-electron chi connectivity index (χ1n) is 5.93. The molecular weight excluding hydrogens is 218 g/mol. The second-order valence-corrected chi connectivity index (χ2v) is 4.34. The summed E-state index contributed by atoms with van der Waals surface area (Å²) in [6, 6.07) is 4.21. The maximum Gasteiger partial charge on any atom is 0.203 e. The smallest absolute Gasteiger partial charge is 0.203 e. The van der Waals surface area contributed by atoms with Gasteiger partial charge in [-0.05, 0) is 37.5 Å². The minimum Gasteiger partial charge on any atom is -0.493 e. The molecule has 0 saturated carbocycles. The number of ether oxygens (including phenoxy) is 3. The minimum absolute atomic E-state index is 0.203. The van der Waals surface area contributed by atoms with Crippen molar-refractivity contribution in [1.29, 1.82) is 0 Å². The zero-order valence-electron chi connectivity index (χ0n) is 10.4. The number of hydrogen-bond donors (Lipinski definition) is 1. The SMILES string of the molecule is COc1cc(CCC(C)N)cc2c1OCCO2. The maximum atomic E-state index is 5.76. The quantitative estimate of drug-likeness (QED) is 0.866. The van der Waals surface area contributed by atoms with Crippen LogP contribution in [0.4, 0.5) is 0 Å². The molecule has 0 radical (unpaired) electrons. The lowest BCUT2D eigenvalue weighted by Crippen LogP contribution is -2.17. The van der Waals surface area contributed by atoms with Crippen LogP contribution in [0.2, 0.25) is 0 Å². The maximum absolute atomic E-state index is 5.76. The molecule has 0 bridgehead atoms. The zero-order chi connectivity index (χ0) is 12.3. The molecule has 0 spiro atoms. The van der Waals surface area contributed by atoms with Gasteiger partial charge in [0, 0.05) is 6.04 Å². The predicted molar refractivity (Wildman–Crippen MR) is 66.0 cm³/mol. The van der Waals surface area contributed by atoms with E-state index in [1.807, 2.05) is 19.1 Å². The van der Waals surface area contributed by atoms with E-state index in [0.717, 1.165) is 24.3 Å². The van der Waals surface area contributed by atoms with E-state index in [9.17, 15) is 0 Å². The normalized spacial score (nSPS) is 15.5. The molecule has 0 fully saturated rings. The highest BCUT2D eigenvalue weighted by Gasteiger charge is 2.18. The highest BCUT2D eigenvalue weighted by Crippen LogP contribution is 2.40. The standard InChI is InChI=1S/C13H19NO3/c1-9(14)3-4-10-7-11(15-2)13-12(8-10)16-5-6-17-13/h7-9H,3-6,14H2,1-2H3. The number of aryl methyl sites for hydroxylation is 1. The van der Waals surface area contributed by atoms with Crippen molar-refractivity contribution >= 4 is 0 Å². The van der Waals surface area contributed by atoms with Gasteiger partial charge in [-0.1, -0.05) is 0 Å². The summed E-state index contributed by atoms with van der Waals surface area (Å²) >= 11 is 0. The summed E-state index contributed by atoms with van der Waals surface area (Å²) in [5, 5.41) is 0. The summed E-state index contributed by atoms with van der Waals surface area (Å²) in [4.78, 5) is 0. The molecule has 2 rings (SSSR count). The monoisotopic (exact) mass is 237 g/mol. The van der Waals surface area contributed by atoms with Crippen molar-refractivity contribution in [3.05, 3.63) is 17.7 Å². The van der Waals surface area contributed by atoms with Crippen LogP contribution in [-0.4, -0.2) is 26.4 Å². The van der Waals surface area contributed by atoms with E-state index in [4.69, 9.17) is 19.9 Å². The van der Waals surface area contributed by atoms with Gasteiger partial charge in [0.1, 0.15) is 13.2 Å². The summed E-state index contributed by atoms with van der Waals surface area (Å²) < 4.78 is 16.5. The van der Waals surface area contributed by atoms with Crippen molar-refractivity contribution < 1.29 is 14.2 Å². The molecule has 17 heavy (non-hydrogen) atoms. The highest BCUT2D eigenvalue weighted by atomic mass is 16.6. The van der Waals surface area contributed by atoms with E-state index in [1.54, 1.807) is 7.11 Å². The summed E-state index contributed by atoms with van der Waals surface area (Å²) in [7, 11) is 1.64. The largest absolute Gasteiger partial charge is 0.493 e. The van der Waals surface area contributed by atoms with Gasteiger partial charge in [-0.15, -0.1) is 0 Å². The fraction of sp³-hybridized carbons (Fsp3) is 0.538. The third kappa shape index (κ3) is 2.82. The first kappa shape index (κ1) is 12.0. The van der Waals surface area contributed by atoms with E-state index in [0.29, 0.717) is 19.0 Å². The van der Waals surface area contributed by atoms with Crippen LogP contribution in [0.15, 0.2) is 12.1 Å². The Morgan fingerprint density at radius 3 is 2.82 bits per heavy atom. The number of fused-ring (bicyclic) bond motifs is 1. The topological polar surface area (TPSA) is 53.7 Å². The lowest BCUT2D eigenvalue weighted by Gasteiger charge is -2.21. The molecule has 0 aliphatic carbocycles. The van der Waals surface area contributed by atoms with Gasteiger partial charge in [0.05, 0.1) is 7.11 Å². The lowest BCUT2D eigenvalue weighted by atomic mass is 10.1. The lowest BCUT2D eigenvalue weighted by molar-refractivity contribution is 0.165. The van der Waals surface area contributed by atoms with Gasteiger partial charge in [-0.3, -0.25) is 0 Å². The van der Waals surface area contributed by atoms with Gasteiger partial charge >= 0.3 is 0 Å². The van der Waals surface area contributed by atoms with Crippen LogP contribution in [0.3, 0.4) is 0 Å². The number of rotatable bonds is 4. The molecule has 0 aromatic heterocycles. The molecule has 1 aliphatic heterocycles. The van der Waals surface area contributed by atoms with Crippen LogP contribution < -0.4 is 19.9 Å². The van der Waals surface area contributed by atoms with Crippen LogP contribution in [0.25, 0.3) is 0 Å². The van der Waals surface area contributed by atoms with E-state index >= 15 is 0 Å². The molecule has 1 atom stereocenters. The third-order valence-corrected chi connectivity index (χ3v) is 2.78. The Hall–Kier alpha value is -1.42. The van der Waals surface area contributed by atoms with Gasteiger partial charge in [0.25, 0.3) is 0 Å². The average molecular weight is 237 g/mol. The van der Waals surface area contributed by atoms with Gasteiger partial charge in [0.2, 0.25) is 5.75 Å². The van der Waals surface area contributed by atoms with Crippen molar-refractivity contribution in [2.24, 2.45) is 5.73 Å². The molecule has 4 nitrogen and oxygen atoms in total. The van der Waals surface area contributed by atoms with Gasteiger partial charge in [-0.25, -0.2) is 0 Å². The van der Waals surface area contributed by atoms with E-state index in [2.05, 4.69) is 0 Å². The molecular formula is C13H19NO3. The van der Waals surface area contributed by atoms with E-state index < -0.39 is 0 Å². The molecule has 0 amide bonds. The molecule has 94 valence electrons. The minimum atomic E-state index is 0.203. The van der Waals surface area contributed by atoms with Crippen molar-refractivity contribution in [3.8, 4) is 17.2 Å². The first-order chi connectivity index (χ1) is 8.20. The van der Waals surface area contributed by atoms with E-state index in [1.165, 1.54) is 5.56 Å². The molecule has 1 unspecified atom stereocenters. The number of benzene rings is 1. The fourth-order valence-corrected chi connectivity index (χ4v) is 1.87. The summed E-state index contributed by atoms with van der Waals surface area (Å²) in [5.41, 5.74) is 6.93. The van der Waals surface area contributed by atoms with Crippen LogP contribution in [0.5, 0.6) is 17.2 Å². The molecule has 1 aromatic rings. The molecule has 2 N–H and O–H groups in total. The summed E-state index contributed by atoms with van der Waals surface area (Å²) in [5.74, 6) is 2.22. The van der Waals surface area contributed by atoms with Gasteiger partial charge in [0.15, 0.2) is 11.5 Å². The van der Waals surface area contributed by atoms with Crippen LogP contribution in [-0.2, 0) is 6.42 Å². The molecule has 4 heteroatoms. The molecule has 1 aromatic carbocycles. The Kier molecular flexibility index (Phi) is 3.74. The Balaban J connectivity index is 2.23. The number of hydrogen-bond acceptors (Lipinski definition) is 4. The first-order valence-corrected chi connectivity index (χ1v) is 5.93. The van der Waals surface area contributed by atoms with Gasteiger partial charge < -0.3 is 19.9 Å². The third-order valence-electron chi connectivity index (χ3n) is 2.78. The highest BCUT2D eigenvalue weighted by molar-refractivity contribution is 5.54. The molecule has 1 aliphatic rings. The second-order valence-electron chi connectivity index (χ2n) is 4.34. The average Bonchev–Trinajstić information content (AvgIpc) is 2.35. The van der Waals surface area contributed by atoms with E-state index in [-0.39, 0.29) is 6.04 Å². The van der Waals surface area contributed by atoms with Gasteiger partial charge in [-0.2, -0.15) is 0 Å². The van der Waals surface area contributed by atoms with Crippen molar-refractivity contribution in [3.63, 3.8) is 0 Å². The summed E-state index contributed by atoms with van der Waals surface area (Å²) in [6.45, 7) is 3.17. The van der Waals surface area contributed by atoms with Crippen molar-refractivity contribution in [1.82, 2.24) is 0 Å². The van der Waals surface area contributed by atoms with Crippen molar-refractivity contribution in [2.45, 2.75) is 25.8 Å². The summed E-state index contributed by atoms with van der Waals surface area (Å²) in [6.07, 6.45) is 1.87. The Labute approximate surface area is 102 Å². The van der Waals surface area contributed by atoms with Crippen LogP contribution >= 0.6 is 0 Å². The Morgan fingerprint density at radius 2 is 2.12 bits per heavy atom. The molecule has 0 saturated heterocycles. The Morgan fingerprint density at radius 1 is 1.35 bits per heavy atom. The van der Waals surface area contributed by atoms with Crippen LogP contribution in [0.1, 0.15) is 18.9 Å². The zero-order valence-corrected chi connectivity index (χ0v) is 10.4.